The lowest BCUT2D eigenvalue weighted by Crippen LogP contribution is -2.53. The van der Waals surface area contributed by atoms with E-state index in [1.807, 2.05) is 41.5 Å². The lowest BCUT2D eigenvalue weighted by Gasteiger charge is -2.42. The van der Waals surface area contributed by atoms with Crippen LogP contribution in [0.4, 0.5) is 4.79 Å². The molecule has 0 bridgehead atoms. The van der Waals surface area contributed by atoms with Crippen molar-refractivity contribution >= 4 is 16.2 Å². The summed E-state index contributed by atoms with van der Waals surface area (Å²) < 4.78 is 35.9. The zero-order chi connectivity index (χ0) is 19.7. The number of rotatable bonds is 3. The highest BCUT2D eigenvalue weighted by Crippen LogP contribution is 2.29. The number of amides is 1. The number of likely N-dealkylation sites (tertiary alicyclic amines) is 1. The molecule has 0 aliphatic carbocycles. The molecule has 1 saturated heterocycles. The number of hydrogen-bond donors (Lipinski definition) is 0. The fraction of sp³-hybridized carbons (Fsp3) is 0.632. The summed E-state index contributed by atoms with van der Waals surface area (Å²) in [5, 5.41) is 0. The van der Waals surface area contributed by atoms with E-state index in [0.717, 1.165) is 5.56 Å². The molecule has 6 nitrogen and oxygen atoms in total. The number of aryl methyl sites for hydroxylation is 1. The summed E-state index contributed by atoms with van der Waals surface area (Å²) in [5.74, 6) is 0. The van der Waals surface area contributed by atoms with Crippen LogP contribution in [-0.4, -0.2) is 43.2 Å². The summed E-state index contributed by atoms with van der Waals surface area (Å²) >= 11 is 0. The van der Waals surface area contributed by atoms with Crippen LogP contribution in [0.25, 0.3) is 0 Å². The van der Waals surface area contributed by atoms with Crippen LogP contribution < -0.4 is 0 Å². The molecule has 2 rings (SSSR count). The van der Waals surface area contributed by atoms with Crippen LogP contribution in [0.2, 0.25) is 0 Å². The van der Waals surface area contributed by atoms with E-state index < -0.39 is 21.8 Å². The van der Waals surface area contributed by atoms with Crippen LogP contribution in [-0.2, 0) is 19.0 Å². The molecule has 1 heterocycles. The average Bonchev–Trinajstić information content (AvgIpc) is 2.44. The van der Waals surface area contributed by atoms with Crippen molar-refractivity contribution in [2.45, 2.75) is 83.1 Å². The van der Waals surface area contributed by atoms with Crippen molar-refractivity contribution in [3.05, 3.63) is 29.8 Å². The lowest BCUT2D eigenvalue weighted by molar-refractivity contribution is -0.0168. The zero-order valence-electron chi connectivity index (χ0n) is 16.4. The first-order valence-electron chi connectivity index (χ1n) is 8.90. The fourth-order valence-electron chi connectivity index (χ4n) is 3.21. The normalized spacial score (nSPS) is 24.4. The summed E-state index contributed by atoms with van der Waals surface area (Å²) in [5.41, 5.74) is 0.412. The third kappa shape index (κ3) is 5.20. The standard InChI is InChI=1S/C19H29NO5S/c1-13-7-9-17(10-8-13)26(22,23)25-16-11-14(2)20(15(3)12-16)18(21)24-19(4,5)6/h7-10,14-16H,11-12H2,1-6H3. The first-order valence-corrected chi connectivity index (χ1v) is 10.3. The maximum atomic E-state index is 12.5. The maximum absolute atomic E-state index is 12.5. The number of nitrogens with zero attached hydrogens (tertiary/aromatic N) is 1. The van der Waals surface area contributed by atoms with Gasteiger partial charge in [0.05, 0.1) is 11.0 Å². The summed E-state index contributed by atoms with van der Waals surface area (Å²) in [4.78, 5) is 14.2. The quantitative estimate of drug-likeness (QED) is 0.741. The van der Waals surface area contributed by atoms with Gasteiger partial charge in [-0.25, -0.2) is 4.79 Å². The van der Waals surface area contributed by atoms with Gasteiger partial charge in [-0.1, -0.05) is 17.7 Å². The lowest BCUT2D eigenvalue weighted by atomic mass is 9.95. The van der Waals surface area contributed by atoms with Gasteiger partial charge in [0.2, 0.25) is 0 Å². The van der Waals surface area contributed by atoms with Gasteiger partial charge in [-0.05, 0) is 66.5 Å². The largest absolute Gasteiger partial charge is 0.444 e. The van der Waals surface area contributed by atoms with Gasteiger partial charge in [0.15, 0.2) is 0 Å². The molecule has 2 unspecified atom stereocenters. The molecule has 0 spiro atoms. The Hall–Kier alpha value is -1.60. The Kier molecular flexibility index (Phi) is 6.02. The number of hydrogen-bond acceptors (Lipinski definition) is 5. The molecular formula is C19H29NO5S. The number of carbonyl (C=O) groups is 1. The zero-order valence-corrected chi connectivity index (χ0v) is 17.2. The van der Waals surface area contributed by atoms with Crippen molar-refractivity contribution in [3.63, 3.8) is 0 Å². The van der Waals surface area contributed by atoms with E-state index in [0.29, 0.717) is 12.8 Å². The Bertz CT molecular complexity index is 724. The number of carbonyl (C=O) groups excluding carboxylic acids is 1. The van der Waals surface area contributed by atoms with Gasteiger partial charge in [-0.3, -0.25) is 4.18 Å². The van der Waals surface area contributed by atoms with E-state index in [1.165, 1.54) is 0 Å². The second-order valence-electron chi connectivity index (χ2n) is 8.04. The van der Waals surface area contributed by atoms with Gasteiger partial charge in [0.1, 0.15) is 5.60 Å². The first-order chi connectivity index (χ1) is 11.9. The van der Waals surface area contributed by atoms with Gasteiger partial charge in [-0.15, -0.1) is 0 Å². The molecule has 1 aromatic rings. The highest BCUT2D eigenvalue weighted by molar-refractivity contribution is 7.86. The van der Waals surface area contributed by atoms with E-state index in [-0.39, 0.29) is 23.1 Å². The Balaban J connectivity index is 2.07. The minimum Gasteiger partial charge on any atom is -0.444 e. The molecule has 0 aromatic heterocycles. The van der Waals surface area contributed by atoms with Crippen molar-refractivity contribution in [2.24, 2.45) is 0 Å². The fourth-order valence-corrected chi connectivity index (χ4v) is 4.31. The average molecular weight is 384 g/mol. The van der Waals surface area contributed by atoms with E-state index in [2.05, 4.69) is 0 Å². The third-order valence-electron chi connectivity index (χ3n) is 4.33. The Morgan fingerprint density at radius 2 is 1.58 bits per heavy atom. The van der Waals surface area contributed by atoms with E-state index in [9.17, 15) is 13.2 Å². The molecule has 0 N–H and O–H groups in total. The number of piperidine rings is 1. The first kappa shape index (κ1) is 20.7. The molecular weight excluding hydrogens is 354 g/mol. The molecule has 146 valence electrons. The topological polar surface area (TPSA) is 72.9 Å². The van der Waals surface area contributed by atoms with Crippen LogP contribution in [0.1, 0.15) is 53.0 Å². The highest BCUT2D eigenvalue weighted by atomic mass is 32.2. The SMILES string of the molecule is Cc1ccc(S(=O)(=O)OC2CC(C)N(C(=O)OC(C)(C)C)C(C)C2)cc1. The second kappa shape index (κ2) is 7.56. The van der Waals surface area contributed by atoms with Crippen LogP contribution >= 0.6 is 0 Å². The van der Waals surface area contributed by atoms with Crippen molar-refractivity contribution in [1.82, 2.24) is 4.90 Å². The predicted octanol–water partition coefficient (Wildman–Crippen LogP) is 3.88. The molecule has 1 amide bonds. The minimum absolute atomic E-state index is 0.151. The summed E-state index contributed by atoms with van der Waals surface area (Å²) in [7, 11) is -3.82. The Labute approximate surface area is 156 Å². The summed E-state index contributed by atoms with van der Waals surface area (Å²) in [6.45, 7) is 11.1. The maximum Gasteiger partial charge on any atom is 0.410 e. The predicted molar refractivity (Wildman–Crippen MR) is 99.5 cm³/mol. The van der Waals surface area contributed by atoms with Gasteiger partial charge in [0.25, 0.3) is 10.1 Å². The minimum atomic E-state index is -3.82. The van der Waals surface area contributed by atoms with E-state index >= 15 is 0 Å². The molecule has 2 atom stereocenters. The van der Waals surface area contributed by atoms with Gasteiger partial charge < -0.3 is 9.64 Å². The summed E-state index contributed by atoms with van der Waals surface area (Å²) in [6, 6.07) is 6.23. The van der Waals surface area contributed by atoms with Crippen LogP contribution in [0, 0.1) is 6.92 Å². The molecule has 26 heavy (non-hydrogen) atoms. The summed E-state index contributed by atoms with van der Waals surface area (Å²) in [6.07, 6.45) is 0.0333. The molecule has 7 heteroatoms. The molecule has 1 aromatic carbocycles. The van der Waals surface area contributed by atoms with Gasteiger partial charge in [-0.2, -0.15) is 8.42 Å². The van der Waals surface area contributed by atoms with Crippen molar-refractivity contribution in [1.29, 1.82) is 0 Å². The smallest absolute Gasteiger partial charge is 0.410 e. The third-order valence-corrected chi connectivity index (χ3v) is 5.71. The molecule has 1 aliphatic heterocycles. The van der Waals surface area contributed by atoms with Crippen LogP contribution in [0.5, 0.6) is 0 Å². The monoisotopic (exact) mass is 383 g/mol. The van der Waals surface area contributed by atoms with Crippen molar-refractivity contribution in [2.75, 3.05) is 0 Å². The number of ether oxygens (including phenoxy) is 1. The Morgan fingerprint density at radius 3 is 2.04 bits per heavy atom. The van der Waals surface area contributed by atoms with Crippen LogP contribution in [0.15, 0.2) is 29.2 Å². The number of benzene rings is 1. The van der Waals surface area contributed by atoms with Crippen LogP contribution in [0.3, 0.4) is 0 Å². The molecule has 0 radical (unpaired) electrons. The van der Waals surface area contributed by atoms with Crippen molar-refractivity contribution < 1.29 is 22.1 Å². The Morgan fingerprint density at radius 1 is 1.08 bits per heavy atom. The molecule has 0 saturated carbocycles. The van der Waals surface area contributed by atoms with Gasteiger partial charge >= 0.3 is 6.09 Å². The van der Waals surface area contributed by atoms with E-state index in [1.54, 1.807) is 29.2 Å². The second-order valence-corrected chi connectivity index (χ2v) is 9.61. The van der Waals surface area contributed by atoms with E-state index in [4.69, 9.17) is 8.92 Å². The highest BCUT2D eigenvalue weighted by Gasteiger charge is 2.38. The van der Waals surface area contributed by atoms with Gasteiger partial charge in [0, 0.05) is 12.1 Å². The molecule has 1 aliphatic rings. The van der Waals surface area contributed by atoms with Crippen molar-refractivity contribution in [3.8, 4) is 0 Å². The molecule has 1 fully saturated rings.